The zero-order valence-corrected chi connectivity index (χ0v) is 18.6. The summed E-state index contributed by atoms with van der Waals surface area (Å²) in [5.41, 5.74) is 3.76. The SMILES string of the molecule is Cc1cccc(NC(=O)CN(C)CC(=O)Nc2c(C#N)c(C)c(C)n2-c2ccccc2)n1. The Kier molecular flexibility index (Phi) is 7.03. The molecule has 0 atom stereocenters. The number of nitrogens with one attached hydrogen (secondary N) is 2. The van der Waals surface area contributed by atoms with E-state index in [0.29, 0.717) is 17.2 Å². The first-order chi connectivity index (χ1) is 15.3. The number of amides is 2. The molecule has 0 aliphatic heterocycles. The van der Waals surface area contributed by atoms with Crippen molar-refractivity contribution in [1.29, 1.82) is 5.26 Å². The maximum absolute atomic E-state index is 12.8. The van der Waals surface area contributed by atoms with Gasteiger partial charge in [-0.1, -0.05) is 24.3 Å². The Labute approximate surface area is 187 Å². The molecule has 0 saturated heterocycles. The van der Waals surface area contributed by atoms with Gasteiger partial charge >= 0.3 is 0 Å². The minimum atomic E-state index is -0.319. The van der Waals surface area contributed by atoms with Crippen molar-refractivity contribution in [2.75, 3.05) is 30.8 Å². The number of aryl methyl sites for hydroxylation is 1. The average Bonchev–Trinajstić information content (AvgIpc) is 2.97. The van der Waals surface area contributed by atoms with Gasteiger partial charge in [-0.15, -0.1) is 0 Å². The standard InChI is InChI=1S/C24H26N6O2/c1-16-9-8-12-21(26-16)27-22(31)14-29(4)15-23(32)28-24-20(13-25)17(2)18(3)30(24)19-10-6-5-7-11-19/h5-12H,14-15H2,1-4H3,(H,28,32)(H,26,27,31). The highest BCUT2D eigenvalue weighted by Gasteiger charge is 2.21. The minimum absolute atomic E-state index is 0.0163. The second-order valence-electron chi connectivity index (χ2n) is 7.65. The maximum atomic E-state index is 12.8. The molecule has 0 fully saturated rings. The van der Waals surface area contributed by atoms with E-state index in [1.807, 2.05) is 67.8 Å². The summed E-state index contributed by atoms with van der Waals surface area (Å²) in [6.45, 7) is 5.62. The summed E-state index contributed by atoms with van der Waals surface area (Å²) in [6.07, 6.45) is 0. The highest BCUT2D eigenvalue weighted by atomic mass is 16.2. The van der Waals surface area contributed by atoms with Gasteiger partial charge in [0.25, 0.3) is 0 Å². The third kappa shape index (κ3) is 5.20. The molecule has 0 spiro atoms. The number of hydrogen-bond acceptors (Lipinski definition) is 5. The van der Waals surface area contributed by atoms with Gasteiger partial charge in [0.15, 0.2) is 0 Å². The molecular formula is C24H26N6O2. The quantitative estimate of drug-likeness (QED) is 0.599. The Morgan fingerprint density at radius 2 is 1.66 bits per heavy atom. The predicted octanol–water partition coefficient (Wildman–Crippen LogP) is 3.18. The second-order valence-corrected chi connectivity index (χ2v) is 7.65. The zero-order valence-electron chi connectivity index (χ0n) is 18.6. The number of hydrogen-bond donors (Lipinski definition) is 2. The van der Waals surface area contributed by atoms with Gasteiger partial charge in [-0.3, -0.25) is 19.1 Å². The van der Waals surface area contributed by atoms with Gasteiger partial charge < -0.3 is 10.6 Å². The van der Waals surface area contributed by atoms with Crippen molar-refractivity contribution in [2.45, 2.75) is 20.8 Å². The van der Waals surface area contributed by atoms with Crippen LogP contribution in [-0.2, 0) is 9.59 Å². The molecule has 8 heteroatoms. The van der Waals surface area contributed by atoms with Crippen LogP contribution >= 0.6 is 0 Å². The molecule has 0 aliphatic rings. The number of nitriles is 1. The monoisotopic (exact) mass is 430 g/mol. The number of nitrogens with zero attached hydrogens (tertiary/aromatic N) is 4. The molecule has 2 amide bonds. The van der Waals surface area contributed by atoms with Crippen LogP contribution in [0.2, 0.25) is 0 Å². The molecular weight excluding hydrogens is 404 g/mol. The van der Waals surface area contributed by atoms with Crippen molar-refractivity contribution in [3.05, 3.63) is 71.0 Å². The first-order valence-corrected chi connectivity index (χ1v) is 10.2. The van der Waals surface area contributed by atoms with Gasteiger partial charge in [0.2, 0.25) is 11.8 Å². The fourth-order valence-electron chi connectivity index (χ4n) is 3.47. The lowest BCUT2D eigenvalue weighted by molar-refractivity contribution is -0.119. The van der Waals surface area contributed by atoms with Crippen molar-refractivity contribution in [3.63, 3.8) is 0 Å². The summed E-state index contributed by atoms with van der Waals surface area (Å²) >= 11 is 0. The van der Waals surface area contributed by atoms with Crippen LogP contribution in [0.5, 0.6) is 0 Å². The number of pyridine rings is 1. The fraction of sp³-hybridized carbons (Fsp3) is 0.250. The van der Waals surface area contributed by atoms with Crippen LogP contribution in [0.1, 0.15) is 22.5 Å². The van der Waals surface area contributed by atoms with Crippen LogP contribution in [0, 0.1) is 32.1 Å². The number of rotatable bonds is 7. The smallest absolute Gasteiger partial charge is 0.239 e. The van der Waals surface area contributed by atoms with Crippen molar-refractivity contribution < 1.29 is 9.59 Å². The van der Waals surface area contributed by atoms with E-state index in [1.54, 1.807) is 18.0 Å². The van der Waals surface area contributed by atoms with Crippen molar-refractivity contribution in [2.24, 2.45) is 0 Å². The number of anilines is 2. The highest BCUT2D eigenvalue weighted by molar-refractivity contribution is 5.95. The van der Waals surface area contributed by atoms with Crippen LogP contribution in [0.25, 0.3) is 5.69 Å². The molecule has 0 saturated carbocycles. The Bertz CT molecular complexity index is 1180. The Morgan fingerprint density at radius 1 is 1.00 bits per heavy atom. The van der Waals surface area contributed by atoms with E-state index in [1.165, 1.54) is 0 Å². The van der Waals surface area contributed by atoms with Gasteiger partial charge in [0.1, 0.15) is 17.7 Å². The van der Waals surface area contributed by atoms with E-state index in [2.05, 4.69) is 21.7 Å². The van der Waals surface area contributed by atoms with E-state index in [0.717, 1.165) is 22.6 Å². The van der Waals surface area contributed by atoms with Crippen molar-refractivity contribution >= 4 is 23.5 Å². The normalized spacial score (nSPS) is 10.6. The molecule has 2 N–H and O–H groups in total. The lowest BCUT2D eigenvalue weighted by atomic mass is 10.2. The summed E-state index contributed by atoms with van der Waals surface area (Å²) in [5, 5.41) is 15.3. The molecule has 8 nitrogen and oxygen atoms in total. The van der Waals surface area contributed by atoms with Crippen molar-refractivity contribution in [3.8, 4) is 11.8 Å². The molecule has 32 heavy (non-hydrogen) atoms. The van der Waals surface area contributed by atoms with Gasteiger partial charge in [0.05, 0.1) is 18.7 Å². The highest BCUT2D eigenvalue weighted by Crippen LogP contribution is 2.29. The van der Waals surface area contributed by atoms with Crippen LogP contribution in [0.3, 0.4) is 0 Å². The Balaban J connectivity index is 1.70. The largest absolute Gasteiger partial charge is 0.310 e. The number of carbonyl (C=O) groups excluding carboxylic acids is 2. The Hall–Kier alpha value is -3.96. The van der Waals surface area contributed by atoms with E-state index < -0.39 is 0 Å². The third-order valence-electron chi connectivity index (χ3n) is 5.08. The fourth-order valence-corrected chi connectivity index (χ4v) is 3.47. The summed E-state index contributed by atoms with van der Waals surface area (Å²) in [4.78, 5) is 30.9. The molecule has 0 radical (unpaired) electrons. The zero-order chi connectivity index (χ0) is 23.3. The molecule has 164 valence electrons. The molecule has 1 aromatic carbocycles. The topological polar surface area (TPSA) is 103 Å². The lowest BCUT2D eigenvalue weighted by Gasteiger charge is -2.17. The van der Waals surface area contributed by atoms with Crippen LogP contribution < -0.4 is 10.6 Å². The van der Waals surface area contributed by atoms with Crippen molar-refractivity contribution in [1.82, 2.24) is 14.5 Å². The maximum Gasteiger partial charge on any atom is 0.239 e. The number of para-hydroxylation sites is 1. The van der Waals surface area contributed by atoms with Crippen LogP contribution in [-0.4, -0.2) is 46.4 Å². The average molecular weight is 431 g/mol. The van der Waals surface area contributed by atoms with Gasteiger partial charge in [-0.05, 0) is 57.6 Å². The van der Waals surface area contributed by atoms with Gasteiger partial charge in [-0.25, -0.2) is 4.98 Å². The lowest BCUT2D eigenvalue weighted by Crippen LogP contribution is -2.36. The van der Waals surface area contributed by atoms with Gasteiger partial charge in [-0.2, -0.15) is 5.26 Å². The Morgan fingerprint density at radius 3 is 2.28 bits per heavy atom. The molecule has 2 aromatic heterocycles. The molecule has 2 heterocycles. The first-order valence-electron chi connectivity index (χ1n) is 10.2. The number of carbonyl (C=O) groups is 2. The van der Waals surface area contributed by atoms with E-state index >= 15 is 0 Å². The van der Waals surface area contributed by atoms with E-state index in [4.69, 9.17) is 0 Å². The van der Waals surface area contributed by atoms with E-state index in [-0.39, 0.29) is 24.9 Å². The molecule has 0 aliphatic carbocycles. The first kappa shape index (κ1) is 22.7. The minimum Gasteiger partial charge on any atom is -0.310 e. The number of likely N-dealkylation sites (N-methyl/N-ethyl adjacent to an activating group) is 1. The number of benzene rings is 1. The summed E-state index contributed by atoms with van der Waals surface area (Å²) in [7, 11) is 1.68. The predicted molar refractivity (Wildman–Crippen MR) is 124 cm³/mol. The van der Waals surface area contributed by atoms with Gasteiger partial charge in [0, 0.05) is 17.1 Å². The van der Waals surface area contributed by atoms with Crippen LogP contribution in [0.4, 0.5) is 11.6 Å². The number of aromatic nitrogens is 2. The van der Waals surface area contributed by atoms with E-state index in [9.17, 15) is 14.9 Å². The molecule has 3 rings (SSSR count). The third-order valence-corrected chi connectivity index (χ3v) is 5.08. The summed E-state index contributed by atoms with van der Waals surface area (Å²) < 4.78 is 1.86. The molecule has 0 unspecified atom stereocenters. The summed E-state index contributed by atoms with van der Waals surface area (Å²) in [5.74, 6) is 0.314. The van der Waals surface area contributed by atoms with Crippen LogP contribution in [0.15, 0.2) is 48.5 Å². The second kappa shape index (κ2) is 9.90. The summed E-state index contributed by atoms with van der Waals surface area (Å²) in [6, 6.07) is 17.1. The molecule has 3 aromatic rings. The molecule has 0 bridgehead atoms.